The normalized spacial score (nSPS) is 18.8. The van der Waals surface area contributed by atoms with Crippen LogP contribution in [-0.4, -0.2) is 49.9 Å². The third-order valence-electron chi connectivity index (χ3n) is 3.45. The molecule has 0 spiro atoms. The molecule has 0 aromatic heterocycles. The summed E-state index contributed by atoms with van der Waals surface area (Å²) in [7, 11) is 0. The minimum Gasteiger partial charge on any atom is -0.454 e. The molecule has 2 aliphatic rings. The van der Waals surface area contributed by atoms with Crippen LogP contribution in [0.2, 0.25) is 0 Å². The van der Waals surface area contributed by atoms with Crippen molar-refractivity contribution in [3.8, 4) is 11.5 Å². The summed E-state index contributed by atoms with van der Waals surface area (Å²) in [6.45, 7) is 4.66. The van der Waals surface area contributed by atoms with Gasteiger partial charge in [-0.25, -0.2) is 0 Å². The summed E-state index contributed by atoms with van der Waals surface area (Å²) < 4.78 is 15.8. The first-order chi connectivity index (χ1) is 9.74. The zero-order chi connectivity index (χ0) is 13.9. The summed E-state index contributed by atoms with van der Waals surface area (Å²) >= 11 is 0. The van der Waals surface area contributed by atoms with Crippen molar-refractivity contribution in [2.45, 2.75) is 13.0 Å². The summed E-state index contributed by atoms with van der Waals surface area (Å²) in [5, 5.41) is 3.20. The Morgan fingerprint density at radius 3 is 2.80 bits per heavy atom. The number of morpholine rings is 1. The molecular formula is C14H18N2O4. The van der Waals surface area contributed by atoms with E-state index in [9.17, 15) is 4.79 Å². The molecule has 108 valence electrons. The lowest BCUT2D eigenvalue weighted by Gasteiger charge is -2.29. The van der Waals surface area contributed by atoms with Crippen molar-refractivity contribution in [1.29, 1.82) is 0 Å². The number of carbonyl (C=O) groups is 1. The number of carbonyl (C=O) groups excluding carboxylic acids is 1. The molecule has 2 aliphatic heterocycles. The number of ether oxygens (including phenoxy) is 3. The third-order valence-corrected chi connectivity index (χ3v) is 3.45. The second-order valence-corrected chi connectivity index (χ2v) is 4.87. The number of nitrogens with one attached hydrogen (secondary N) is 1. The molecule has 1 aromatic carbocycles. The van der Waals surface area contributed by atoms with Crippen molar-refractivity contribution in [3.05, 3.63) is 18.2 Å². The monoisotopic (exact) mass is 278 g/mol. The number of fused-ring (bicyclic) bond motifs is 1. The summed E-state index contributed by atoms with van der Waals surface area (Å²) in [4.78, 5) is 14.1. The van der Waals surface area contributed by atoms with E-state index in [4.69, 9.17) is 14.2 Å². The molecule has 1 N–H and O–H groups in total. The van der Waals surface area contributed by atoms with Gasteiger partial charge in [0.1, 0.15) is 6.04 Å². The van der Waals surface area contributed by atoms with Crippen LogP contribution in [0.3, 0.4) is 0 Å². The fourth-order valence-corrected chi connectivity index (χ4v) is 2.36. The van der Waals surface area contributed by atoms with Gasteiger partial charge in [-0.3, -0.25) is 4.79 Å². The Labute approximate surface area is 117 Å². The Balaban J connectivity index is 1.63. The smallest absolute Gasteiger partial charge is 0.244 e. The molecule has 1 unspecified atom stereocenters. The van der Waals surface area contributed by atoms with Gasteiger partial charge in [-0.05, 0) is 19.1 Å². The van der Waals surface area contributed by atoms with Crippen LogP contribution in [0.15, 0.2) is 18.2 Å². The van der Waals surface area contributed by atoms with E-state index in [1.54, 1.807) is 0 Å². The zero-order valence-electron chi connectivity index (χ0n) is 11.4. The molecule has 6 heteroatoms. The average molecular weight is 278 g/mol. The first-order valence-corrected chi connectivity index (χ1v) is 6.77. The summed E-state index contributed by atoms with van der Waals surface area (Å²) in [5.41, 5.74) is 0.850. The number of hydrogen-bond acceptors (Lipinski definition) is 5. The van der Waals surface area contributed by atoms with Gasteiger partial charge in [0.25, 0.3) is 0 Å². The summed E-state index contributed by atoms with van der Waals surface area (Å²) in [5.74, 6) is 1.54. The SMILES string of the molecule is CC(Nc1ccc2c(c1)OCO2)C(=O)N1CCOCC1. The van der Waals surface area contributed by atoms with Crippen LogP contribution < -0.4 is 14.8 Å². The molecule has 0 radical (unpaired) electrons. The molecule has 1 fully saturated rings. The topological polar surface area (TPSA) is 60.0 Å². The van der Waals surface area contributed by atoms with Gasteiger partial charge in [0.15, 0.2) is 11.5 Å². The molecule has 20 heavy (non-hydrogen) atoms. The molecule has 1 amide bonds. The van der Waals surface area contributed by atoms with Crippen LogP contribution in [0.1, 0.15) is 6.92 Å². The maximum absolute atomic E-state index is 12.3. The molecule has 1 aromatic rings. The molecular weight excluding hydrogens is 260 g/mol. The zero-order valence-corrected chi connectivity index (χ0v) is 11.4. The lowest BCUT2D eigenvalue weighted by molar-refractivity contribution is -0.135. The van der Waals surface area contributed by atoms with Crippen LogP contribution in [-0.2, 0) is 9.53 Å². The van der Waals surface area contributed by atoms with E-state index in [0.717, 1.165) is 11.4 Å². The van der Waals surface area contributed by atoms with Crippen molar-refractivity contribution in [1.82, 2.24) is 4.90 Å². The number of hydrogen-bond donors (Lipinski definition) is 1. The highest BCUT2D eigenvalue weighted by Gasteiger charge is 2.23. The van der Waals surface area contributed by atoms with Gasteiger partial charge in [-0.2, -0.15) is 0 Å². The van der Waals surface area contributed by atoms with Gasteiger partial charge in [0.05, 0.1) is 13.2 Å². The third kappa shape index (κ3) is 2.65. The van der Waals surface area contributed by atoms with E-state index in [2.05, 4.69) is 5.32 Å². The molecule has 6 nitrogen and oxygen atoms in total. The van der Waals surface area contributed by atoms with Crippen molar-refractivity contribution >= 4 is 11.6 Å². The minimum atomic E-state index is -0.284. The molecule has 0 aliphatic carbocycles. The summed E-state index contributed by atoms with van der Waals surface area (Å²) in [6, 6.07) is 5.30. The number of anilines is 1. The van der Waals surface area contributed by atoms with Crippen molar-refractivity contribution in [2.24, 2.45) is 0 Å². The van der Waals surface area contributed by atoms with Gasteiger partial charge in [-0.1, -0.05) is 0 Å². The van der Waals surface area contributed by atoms with E-state index in [-0.39, 0.29) is 18.7 Å². The fourth-order valence-electron chi connectivity index (χ4n) is 2.36. The number of benzene rings is 1. The Morgan fingerprint density at radius 1 is 1.25 bits per heavy atom. The predicted octanol–water partition coefficient (Wildman–Crippen LogP) is 1.07. The van der Waals surface area contributed by atoms with Gasteiger partial charge >= 0.3 is 0 Å². The fraction of sp³-hybridized carbons (Fsp3) is 0.500. The predicted molar refractivity (Wildman–Crippen MR) is 73.0 cm³/mol. The highest BCUT2D eigenvalue weighted by molar-refractivity contribution is 5.84. The van der Waals surface area contributed by atoms with Crippen molar-refractivity contribution < 1.29 is 19.0 Å². The maximum Gasteiger partial charge on any atom is 0.244 e. The lowest BCUT2D eigenvalue weighted by Crippen LogP contribution is -2.46. The molecule has 0 saturated carbocycles. The maximum atomic E-state index is 12.3. The quantitative estimate of drug-likeness (QED) is 0.896. The van der Waals surface area contributed by atoms with Crippen LogP contribution >= 0.6 is 0 Å². The second-order valence-electron chi connectivity index (χ2n) is 4.87. The van der Waals surface area contributed by atoms with Crippen LogP contribution in [0.4, 0.5) is 5.69 Å². The number of rotatable bonds is 3. The van der Waals surface area contributed by atoms with E-state index >= 15 is 0 Å². The van der Waals surface area contributed by atoms with Gasteiger partial charge < -0.3 is 24.4 Å². The van der Waals surface area contributed by atoms with E-state index in [0.29, 0.717) is 32.1 Å². The van der Waals surface area contributed by atoms with Gasteiger partial charge in [-0.15, -0.1) is 0 Å². The lowest BCUT2D eigenvalue weighted by atomic mass is 10.2. The van der Waals surface area contributed by atoms with E-state index in [1.165, 1.54) is 0 Å². The van der Waals surface area contributed by atoms with Crippen molar-refractivity contribution in [3.63, 3.8) is 0 Å². The molecule has 0 bridgehead atoms. The van der Waals surface area contributed by atoms with Gasteiger partial charge in [0.2, 0.25) is 12.7 Å². The van der Waals surface area contributed by atoms with Crippen LogP contribution in [0.5, 0.6) is 11.5 Å². The Hall–Kier alpha value is -1.95. The second kappa shape index (κ2) is 5.58. The Kier molecular flexibility index (Phi) is 3.64. The largest absolute Gasteiger partial charge is 0.454 e. The van der Waals surface area contributed by atoms with E-state index in [1.807, 2.05) is 30.0 Å². The number of amides is 1. The highest BCUT2D eigenvalue weighted by Crippen LogP contribution is 2.34. The minimum absolute atomic E-state index is 0.0889. The standard InChI is InChI=1S/C14H18N2O4/c1-10(14(17)16-4-6-18-7-5-16)15-11-2-3-12-13(8-11)20-9-19-12/h2-3,8,10,15H,4-7,9H2,1H3. The molecule has 1 atom stereocenters. The Morgan fingerprint density at radius 2 is 2.00 bits per heavy atom. The molecule has 3 rings (SSSR count). The van der Waals surface area contributed by atoms with Crippen LogP contribution in [0, 0.1) is 0 Å². The summed E-state index contributed by atoms with van der Waals surface area (Å²) in [6.07, 6.45) is 0. The first kappa shape index (κ1) is 13.1. The van der Waals surface area contributed by atoms with Crippen molar-refractivity contribution in [2.75, 3.05) is 38.4 Å². The molecule has 2 heterocycles. The van der Waals surface area contributed by atoms with Gasteiger partial charge in [0, 0.05) is 24.8 Å². The van der Waals surface area contributed by atoms with Crippen LogP contribution in [0.25, 0.3) is 0 Å². The first-order valence-electron chi connectivity index (χ1n) is 6.77. The average Bonchev–Trinajstić information content (AvgIpc) is 2.95. The Bertz CT molecular complexity index is 500. The van der Waals surface area contributed by atoms with E-state index < -0.39 is 0 Å². The number of nitrogens with zero attached hydrogens (tertiary/aromatic N) is 1. The molecule has 1 saturated heterocycles. The highest BCUT2D eigenvalue weighted by atomic mass is 16.7.